The molecule has 0 bridgehead atoms. The summed E-state index contributed by atoms with van der Waals surface area (Å²) in [5.74, 6) is -4.69. The number of rotatable bonds is 3. The van der Waals surface area contributed by atoms with Crippen molar-refractivity contribution in [2.24, 2.45) is 0 Å². The topological polar surface area (TPSA) is 95.1 Å². The summed E-state index contributed by atoms with van der Waals surface area (Å²) in [5.41, 5.74) is -1.36. The zero-order valence-corrected chi connectivity index (χ0v) is 10.2. The summed E-state index contributed by atoms with van der Waals surface area (Å²) in [7, 11) is 0. The molecule has 1 atom stereocenters. The zero-order chi connectivity index (χ0) is 14.3. The Kier molecular flexibility index (Phi) is 3.03. The highest BCUT2D eigenvalue weighted by Gasteiger charge is 2.47. The number of carbonyl (C=O) groups excluding carboxylic acids is 1. The molecule has 1 aliphatic rings. The molecule has 8 heteroatoms. The summed E-state index contributed by atoms with van der Waals surface area (Å²) in [4.78, 5) is 22.4. The van der Waals surface area contributed by atoms with Gasteiger partial charge in [-0.15, -0.1) is 0 Å². The number of aromatic nitrogens is 2. The highest BCUT2D eigenvalue weighted by atomic mass is 19.3. The molecule has 19 heavy (non-hydrogen) atoms. The van der Waals surface area contributed by atoms with E-state index in [9.17, 15) is 18.4 Å². The standard InChI is InChI=1S/C11H13F2N3O3/c1-10(2-3-11(12,13)5-10)14-8(17)6-4-7(9(18)19)16-15-6/h4H,2-3,5H2,1H3,(H,14,17)(H,15,16)(H,18,19). The number of halogens is 2. The average Bonchev–Trinajstić information content (AvgIpc) is 2.83. The van der Waals surface area contributed by atoms with E-state index < -0.39 is 29.8 Å². The number of aromatic carboxylic acids is 1. The van der Waals surface area contributed by atoms with Crippen molar-refractivity contribution in [3.05, 3.63) is 17.5 Å². The Labute approximate surface area is 107 Å². The smallest absolute Gasteiger partial charge is 0.353 e. The fraction of sp³-hybridized carbons (Fsp3) is 0.545. The molecule has 0 aliphatic heterocycles. The van der Waals surface area contributed by atoms with Crippen molar-refractivity contribution in [2.45, 2.75) is 37.6 Å². The van der Waals surface area contributed by atoms with Crippen LogP contribution in [0.2, 0.25) is 0 Å². The van der Waals surface area contributed by atoms with E-state index in [1.165, 1.54) is 6.92 Å². The van der Waals surface area contributed by atoms with E-state index in [1.54, 1.807) is 0 Å². The van der Waals surface area contributed by atoms with Crippen LogP contribution in [-0.4, -0.2) is 38.6 Å². The van der Waals surface area contributed by atoms with Gasteiger partial charge in [0, 0.05) is 24.4 Å². The maximum absolute atomic E-state index is 13.2. The number of carbonyl (C=O) groups is 2. The molecule has 0 saturated heterocycles. The van der Waals surface area contributed by atoms with Gasteiger partial charge in [-0.25, -0.2) is 13.6 Å². The Balaban J connectivity index is 2.07. The molecular formula is C11H13F2N3O3. The number of hydrogen-bond donors (Lipinski definition) is 3. The van der Waals surface area contributed by atoms with E-state index in [0.29, 0.717) is 0 Å². The molecule has 1 saturated carbocycles. The normalized spacial score (nSPS) is 25.2. The first-order valence-electron chi connectivity index (χ1n) is 5.70. The summed E-state index contributed by atoms with van der Waals surface area (Å²) in [6, 6.07) is 1.06. The minimum absolute atomic E-state index is 0.131. The average molecular weight is 273 g/mol. The lowest BCUT2D eigenvalue weighted by Crippen LogP contribution is -2.44. The molecule has 1 aromatic heterocycles. The number of hydrogen-bond acceptors (Lipinski definition) is 3. The fourth-order valence-electron chi connectivity index (χ4n) is 2.20. The molecule has 0 aromatic carbocycles. The van der Waals surface area contributed by atoms with Gasteiger partial charge in [0.2, 0.25) is 0 Å². The molecule has 1 fully saturated rings. The van der Waals surface area contributed by atoms with Crippen LogP contribution in [0.4, 0.5) is 8.78 Å². The molecule has 0 spiro atoms. The lowest BCUT2D eigenvalue weighted by atomic mass is 10.00. The van der Waals surface area contributed by atoms with Crippen LogP contribution in [0.5, 0.6) is 0 Å². The van der Waals surface area contributed by atoms with Crippen LogP contribution < -0.4 is 5.32 Å². The minimum Gasteiger partial charge on any atom is -0.477 e. The van der Waals surface area contributed by atoms with Gasteiger partial charge >= 0.3 is 5.97 Å². The highest BCUT2D eigenvalue weighted by Crippen LogP contribution is 2.41. The lowest BCUT2D eigenvalue weighted by Gasteiger charge is -2.24. The van der Waals surface area contributed by atoms with Crippen LogP contribution in [0, 0.1) is 0 Å². The van der Waals surface area contributed by atoms with E-state index in [0.717, 1.165) is 6.07 Å². The summed E-state index contributed by atoms with van der Waals surface area (Å²) < 4.78 is 26.3. The van der Waals surface area contributed by atoms with Gasteiger partial charge in [0.1, 0.15) is 5.69 Å². The quantitative estimate of drug-likeness (QED) is 0.776. The van der Waals surface area contributed by atoms with Crippen LogP contribution >= 0.6 is 0 Å². The van der Waals surface area contributed by atoms with E-state index in [1.807, 2.05) is 0 Å². The first-order chi connectivity index (χ1) is 8.71. The van der Waals surface area contributed by atoms with E-state index in [-0.39, 0.29) is 24.2 Å². The highest BCUT2D eigenvalue weighted by molar-refractivity contribution is 5.95. The summed E-state index contributed by atoms with van der Waals surface area (Å²) >= 11 is 0. The van der Waals surface area contributed by atoms with Gasteiger partial charge in [0.25, 0.3) is 11.8 Å². The third-order valence-electron chi connectivity index (χ3n) is 3.15. The monoisotopic (exact) mass is 273 g/mol. The van der Waals surface area contributed by atoms with Gasteiger partial charge in [-0.3, -0.25) is 9.89 Å². The summed E-state index contributed by atoms with van der Waals surface area (Å²) in [6.45, 7) is 1.54. The molecule has 1 unspecified atom stereocenters. The number of alkyl halides is 2. The van der Waals surface area contributed by atoms with Crippen molar-refractivity contribution in [2.75, 3.05) is 0 Å². The molecule has 104 valence electrons. The molecule has 1 heterocycles. The molecule has 1 aromatic rings. The Hall–Kier alpha value is -1.99. The zero-order valence-electron chi connectivity index (χ0n) is 10.2. The van der Waals surface area contributed by atoms with Crippen molar-refractivity contribution in [3.63, 3.8) is 0 Å². The number of nitrogens with one attached hydrogen (secondary N) is 2. The van der Waals surface area contributed by atoms with Crippen molar-refractivity contribution in [3.8, 4) is 0 Å². The number of carboxylic acid groups (broad SMARTS) is 1. The van der Waals surface area contributed by atoms with Crippen LogP contribution in [0.15, 0.2) is 6.07 Å². The SMILES string of the molecule is CC1(NC(=O)c2cc(C(=O)O)[nH]n2)CCC(F)(F)C1. The van der Waals surface area contributed by atoms with E-state index in [2.05, 4.69) is 15.5 Å². The number of H-pyrrole nitrogens is 1. The predicted molar refractivity (Wildman–Crippen MR) is 60.2 cm³/mol. The summed E-state index contributed by atoms with van der Waals surface area (Å²) in [5, 5.41) is 16.9. The van der Waals surface area contributed by atoms with Gasteiger partial charge in [0.15, 0.2) is 5.69 Å². The van der Waals surface area contributed by atoms with Crippen LogP contribution in [0.3, 0.4) is 0 Å². The van der Waals surface area contributed by atoms with Crippen molar-refractivity contribution < 1.29 is 23.5 Å². The van der Waals surface area contributed by atoms with Gasteiger partial charge in [0.05, 0.1) is 0 Å². The molecule has 2 rings (SSSR count). The predicted octanol–water partition coefficient (Wildman–Crippen LogP) is 1.42. The maximum atomic E-state index is 13.2. The summed E-state index contributed by atoms with van der Waals surface area (Å²) in [6.07, 6.45) is -0.533. The van der Waals surface area contributed by atoms with Crippen LogP contribution in [0.25, 0.3) is 0 Å². The fourth-order valence-corrected chi connectivity index (χ4v) is 2.20. The van der Waals surface area contributed by atoms with Crippen molar-refractivity contribution in [1.29, 1.82) is 0 Å². The Morgan fingerprint density at radius 3 is 2.63 bits per heavy atom. The third kappa shape index (κ3) is 2.88. The van der Waals surface area contributed by atoms with Crippen LogP contribution in [0.1, 0.15) is 47.2 Å². The van der Waals surface area contributed by atoms with Gasteiger partial charge in [-0.1, -0.05) is 0 Å². The lowest BCUT2D eigenvalue weighted by molar-refractivity contribution is 0.00230. The first kappa shape index (κ1) is 13.4. The third-order valence-corrected chi connectivity index (χ3v) is 3.15. The van der Waals surface area contributed by atoms with Gasteiger partial charge in [-0.05, 0) is 13.3 Å². The minimum atomic E-state index is -2.78. The number of aromatic amines is 1. The van der Waals surface area contributed by atoms with Crippen molar-refractivity contribution in [1.82, 2.24) is 15.5 Å². The Morgan fingerprint density at radius 2 is 2.16 bits per heavy atom. The van der Waals surface area contributed by atoms with E-state index in [4.69, 9.17) is 5.11 Å². The second kappa shape index (κ2) is 4.29. The van der Waals surface area contributed by atoms with Crippen molar-refractivity contribution >= 4 is 11.9 Å². The number of carboxylic acids is 1. The molecule has 3 N–H and O–H groups in total. The second-order valence-electron chi connectivity index (χ2n) is 5.02. The molecule has 0 radical (unpaired) electrons. The number of amides is 1. The molecular weight excluding hydrogens is 260 g/mol. The van der Waals surface area contributed by atoms with Crippen LogP contribution in [-0.2, 0) is 0 Å². The largest absolute Gasteiger partial charge is 0.477 e. The van der Waals surface area contributed by atoms with E-state index >= 15 is 0 Å². The number of nitrogens with zero attached hydrogens (tertiary/aromatic N) is 1. The Bertz CT molecular complexity index is 529. The molecule has 1 aliphatic carbocycles. The first-order valence-corrected chi connectivity index (χ1v) is 5.70. The second-order valence-corrected chi connectivity index (χ2v) is 5.02. The molecule has 1 amide bonds. The van der Waals surface area contributed by atoms with Gasteiger partial charge < -0.3 is 10.4 Å². The Morgan fingerprint density at radius 1 is 1.47 bits per heavy atom. The van der Waals surface area contributed by atoms with Gasteiger partial charge in [-0.2, -0.15) is 5.10 Å². The maximum Gasteiger partial charge on any atom is 0.353 e. The molecule has 6 nitrogen and oxygen atoms in total.